The molecule has 0 unspecified atom stereocenters. The molecule has 0 bridgehead atoms. The van der Waals surface area contributed by atoms with Crippen molar-refractivity contribution in [1.82, 2.24) is 0 Å². The number of halogens is 2. The van der Waals surface area contributed by atoms with Gasteiger partial charge in [-0.1, -0.05) is 159 Å². The second kappa shape index (κ2) is 11.5. The van der Waals surface area contributed by atoms with Gasteiger partial charge in [-0.2, -0.15) is 0 Å². The van der Waals surface area contributed by atoms with Gasteiger partial charge in [0.2, 0.25) is 0 Å². The highest BCUT2D eigenvalue weighted by Gasteiger charge is 1.97. The molecule has 0 amide bonds. The number of hydrogen-bond acceptors (Lipinski definition) is 0. The van der Waals surface area contributed by atoms with Crippen molar-refractivity contribution in [3.05, 3.63) is 155 Å². The summed E-state index contributed by atoms with van der Waals surface area (Å²) in [5.41, 5.74) is 0. The molecule has 7 aromatic rings. The van der Waals surface area contributed by atoms with Crippen LogP contribution in [0.3, 0.4) is 0 Å². The lowest BCUT2D eigenvalue weighted by molar-refractivity contribution is 1.70. The Kier molecular flexibility index (Phi) is 7.76. The maximum atomic E-state index is 3.50. The zero-order chi connectivity index (χ0) is 24.7. The van der Waals surface area contributed by atoms with E-state index in [1.807, 2.05) is 12.1 Å². The van der Waals surface area contributed by atoms with E-state index in [9.17, 15) is 0 Å². The first-order valence-corrected chi connectivity index (χ1v) is 13.4. The fourth-order valence-electron chi connectivity index (χ4n) is 4.30. The zero-order valence-electron chi connectivity index (χ0n) is 19.6. The first-order valence-electron chi connectivity index (χ1n) is 11.8. The Labute approximate surface area is 228 Å². The molecule has 7 rings (SSSR count). The molecule has 0 radical (unpaired) electrons. The molecule has 0 spiro atoms. The van der Waals surface area contributed by atoms with E-state index < -0.39 is 0 Å². The maximum absolute atomic E-state index is 3.50. The first kappa shape index (κ1) is 24.2. The summed E-state index contributed by atoms with van der Waals surface area (Å²) in [7, 11) is 0. The topological polar surface area (TPSA) is 0 Å². The molecule has 0 aliphatic rings. The van der Waals surface area contributed by atoms with Gasteiger partial charge in [0.15, 0.2) is 0 Å². The first-order chi connectivity index (χ1) is 17.7. The molecule has 0 aliphatic carbocycles. The van der Waals surface area contributed by atoms with Gasteiger partial charge in [-0.25, -0.2) is 0 Å². The minimum Gasteiger partial charge on any atom is -0.0616 e. The number of rotatable bonds is 0. The Balaban J connectivity index is 0.000000112. The molecule has 0 aromatic heterocycles. The van der Waals surface area contributed by atoms with Gasteiger partial charge in [-0.05, 0) is 61.3 Å². The second-order valence-electron chi connectivity index (χ2n) is 8.46. The van der Waals surface area contributed by atoms with Crippen LogP contribution in [0.4, 0.5) is 0 Å². The highest BCUT2D eigenvalue weighted by atomic mass is 79.9. The Morgan fingerprint density at radius 1 is 0.306 bits per heavy atom. The van der Waals surface area contributed by atoms with Crippen LogP contribution in [0.2, 0.25) is 0 Å². The summed E-state index contributed by atoms with van der Waals surface area (Å²) in [5.74, 6) is 0. The third kappa shape index (κ3) is 5.67. The van der Waals surface area contributed by atoms with Crippen molar-refractivity contribution in [2.45, 2.75) is 0 Å². The highest BCUT2D eigenvalue weighted by Crippen LogP contribution is 2.25. The average Bonchev–Trinajstić information content (AvgIpc) is 2.94. The quantitative estimate of drug-likeness (QED) is 0.154. The molecule has 7 aromatic carbocycles. The van der Waals surface area contributed by atoms with Crippen molar-refractivity contribution in [2.75, 3.05) is 0 Å². The summed E-state index contributed by atoms with van der Waals surface area (Å²) in [4.78, 5) is 0. The molecule has 0 nitrogen and oxygen atoms in total. The van der Waals surface area contributed by atoms with Crippen molar-refractivity contribution in [2.24, 2.45) is 0 Å². The normalized spacial score (nSPS) is 10.5. The largest absolute Gasteiger partial charge is 0.0616 e. The van der Waals surface area contributed by atoms with Gasteiger partial charge < -0.3 is 0 Å². The number of hydrogen-bond donors (Lipinski definition) is 0. The fraction of sp³-hybridized carbons (Fsp3) is 0. The van der Waals surface area contributed by atoms with Crippen LogP contribution in [-0.2, 0) is 0 Å². The minimum absolute atomic E-state index is 1.14. The van der Waals surface area contributed by atoms with Gasteiger partial charge in [0.1, 0.15) is 0 Å². The van der Waals surface area contributed by atoms with Crippen LogP contribution >= 0.6 is 31.9 Å². The Morgan fingerprint density at radius 3 is 1.31 bits per heavy atom. The summed E-state index contributed by atoms with van der Waals surface area (Å²) in [6, 6.07) is 50.5. The zero-order valence-corrected chi connectivity index (χ0v) is 22.8. The van der Waals surface area contributed by atoms with Crippen molar-refractivity contribution < 1.29 is 0 Å². The monoisotopic (exact) mass is 590 g/mol. The van der Waals surface area contributed by atoms with Crippen LogP contribution in [0.15, 0.2) is 155 Å². The lowest BCUT2D eigenvalue weighted by Gasteiger charge is -2.02. The molecule has 0 saturated carbocycles. The van der Waals surface area contributed by atoms with Crippen LogP contribution < -0.4 is 0 Å². The third-order valence-electron chi connectivity index (χ3n) is 6.10. The summed E-state index contributed by atoms with van der Waals surface area (Å²) in [6.45, 7) is 0. The van der Waals surface area contributed by atoms with E-state index in [-0.39, 0.29) is 0 Å². The Morgan fingerprint density at radius 2 is 0.722 bits per heavy atom. The Hall–Kier alpha value is -3.46. The standard InChI is InChI=1S/C14H10.2C10H7Br/c1-3-7-13-11(5-1)9-10-12-6-2-4-8-14(12)13;11-10-7-3-5-8-4-1-2-6-9(8)10;11-10-6-5-8-3-1-2-4-9(8)7-10/h1-10H;2*1-7H. The van der Waals surface area contributed by atoms with Gasteiger partial charge in [-0.15, -0.1) is 0 Å². The van der Waals surface area contributed by atoms with Gasteiger partial charge in [0.25, 0.3) is 0 Å². The summed E-state index contributed by atoms with van der Waals surface area (Å²) in [5, 5.41) is 10.4. The van der Waals surface area contributed by atoms with E-state index in [1.54, 1.807) is 0 Å². The predicted octanol–water partition coefficient (Wildman–Crippen LogP) is 11.2. The third-order valence-corrected chi connectivity index (χ3v) is 7.29. The number of fused-ring (bicyclic) bond motifs is 5. The molecule has 2 heteroatoms. The van der Waals surface area contributed by atoms with Crippen LogP contribution in [-0.4, -0.2) is 0 Å². The molecular weight excluding hydrogens is 568 g/mol. The van der Waals surface area contributed by atoms with Crippen molar-refractivity contribution in [3.8, 4) is 0 Å². The van der Waals surface area contributed by atoms with Gasteiger partial charge >= 0.3 is 0 Å². The van der Waals surface area contributed by atoms with E-state index >= 15 is 0 Å². The van der Waals surface area contributed by atoms with Crippen molar-refractivity contribution in [3.63, 3.8) is 0 Å². The lowest BCUT2D eigenvalue weighted by atomic mass is 10.0. The van der Waals surface area contributed by atoms with E-state index in [0.717, 1.165) is 8.95 Å². The minimum atomic E-state index is 1.14. The van der Waals surface area contributed by atoms with E-state index in [0.29, 0.717) is 0 Å². The van der Waals surface area contributed by atoms with Gasteiger partial charge in [0.05, 0.1) is 0 Å². The molecule has 0 aliphatic heterocycles. The molecule has 0 heterocycles. The molecule has 0 saturated heterocycles. The lowest BCUT2D eigenvalue weighted by Crippen LogP contribution is -1.75. The summed E-state index contributed by atoms with van der Waals surface area (Å²) < 4.78 is 2.30. The Bertz CT molecular complexity index is 1700. The molecule has 0 atom stereocenters. The number of benzene rings is 7. The van der Waals surface area contributed by atoms with Gasteiger partial charge in [0, 0.05) is 8.95 Å². The van der Waals surface area contributed by atoms with Gasteiger partial charge in [-0.3, -0.25) is 0 Å². The summed E-state index contributed by atoms with van der Waals surface area (Å²) in [6.07, 6.45) is 0. The van der Waals surface area contributed by atoms with Crippen LogP contribution in [0, 0.1) is 0 Å². The summed E-state index contributed by atoms with van der Waals surface area (Å²) >= 11 is 6.93. The van der Waals surface area contributed by atoms with Crippen LogP contribution in [0.1, 0.15) is 0 Å². The van der Waals surface area contributed by atoms with E-state index in [4.69, 9.17) is 0 Å². The van der Waals surface area contributed by atoms with Crippen LogP contribution in [0.5, 0.6) is 0 Å². The van der Waals surface area contributed by atoms with E-state index in [2.05, 4.69) is 165 Å². The predicted molar refractivity (Wildman–Crippen MR) is 165 cm³/mol. The fourth-order valence-corrected chi connectivity index (χ4v) is 5.19. The molecule has 36 heavy (non-hydrogen) atoms. The van der Waals surface area contributed by atoms with E-state index in [1.165, 1.54) is 43.1 Å². The molecule has 0 N–H and O–H groups in total. The average molecular weight is 592 g/mol. The highest BCUT2D eigenvalue weighted by molar-refractivity contribution is 9.11. The molecule has 0 fully saturated rings. The SMILES string of the molecule is Brc1ccc2ccccc2c1.Brc1cccc2ccccc12.c1ccc2c(c1)ccc1ccccc12. The second-order valence-corrected chi connectivity index (χ2v) is 10.2. The van der Waals surface area contributed by atoms with Crippen molar-refractivity contribution >= 4 is 74.9 Å². The van der Waals surface area contributed by atoms with Crippen molar-refractivity contribution in [1.29, 1.82) is 0 Å². The molecular formula is C34H24Br2. The maximum Gasteiger partial charge on any atom is 0.0253 e. The smallest absolute Gasteiger partial charge is 0.0253 e. The van der Waals surface area contributed by atoms with Crippen LogP contribution in [0.25, 0.3) is 43.1 Å². The molecule has 174 valence electrons.